The predicted octanol–water partition coefficient (Wildman–Crippen LogP) is 3.31. The first-order valence-corrected chi connectivity index (χ1v) is 8.07. The van der Waals surface area contributed by atoms with Gasteiger partial charge >= 0.3 is 0 Å². The van der Waals surface area contributed by atoms with Crippen molar-refractivity contribution >= 4 is 12.0 Å². The molecule has 0 unspecified atom stereocenters. The van der Waals surface area contributed by atoms with Crippen LogP contribution in [0.4, 0.5) is 0 Å². The van der Waals surface area contributed by atoms with Crippen molar-refractivity contribution in [1.82, 2.24) is 4.90 Å². The molecule has 0 bridgehead atoms. The van der Waals surface area contributed by atoms with Crippen molar-refractivity contribution in [2.75, 3.05) is 13.1 Å². The minimum atomic E-state index is -0.178. The van der Waals surface area contributed by atoms with Crippen molar-refractivity contribution in [3.8, 4) is 11.8 Å². The van der Waals surface area contributed by atoms with Crippen LogP contribution in [0.2, 0.25) is 0 Å². The van der Waals surface area contributed by atoms with Gasteiger partial charge in [0.05, 0.1) is 0 Å². The second kappa shape index (κ2) is 6.70. The van der Waals surface area contributed by atoms with Crippen molar-refractivity contribution in [3.05, 3.63) is 47.1 Å². The summed E-state index contributed by atoms with van der Waals surface area (Å²) in [6.45, 7) is 3.41. The average molecular weight is 308 g/mol. The van der Waals surface area contributed by atoms with Gasteiger partial charge in [-0.05, 0) is 50.0 Å². The molecule has 1 aromatic carbocycles. The van der Waals surface area contributed by atoms with Crippen LogP contribution in [0.15, 0.2) is 41.5 Å². The van der Waals surface area contributed by atoms with Gasteiger partial charge in [-0.25, -0.2) is 0 Å². The van der Waals surface area contributed by atoms with Crippen molar-refractivity contribution in [3.63, 3.8) is 0 Å². The Labute approximate surface area is 136 Å². The van der Waals surface area contributed by atoms with E-state index in [1.807, 2.05) is 37.3 Å². The van der Waals surface area contributed by atoms with Gasteiger partial charge < -0.3 is 9.64 Å². The fourth-order valence-electron chi connectivity index (χ4n) is 3.00. The highest BCUT2D eigenvalue weighted by molar-refractivity contribution is 5.98. The fraction of sp³-hybridized carbons (Fsp3) is 0.368. The van der Waals surface area contributed by atoms with Crippen molar-refractivity contribution in [2.24, 2.45) is 0 Å². The van der Waals surface area contributed by atoms with E-state index < -0.39 is 0 Å². The number of nitriles is 1. The van der Waals surface area contributed by atoms with E-state index in [4.69, 9.17) is 4.74 Å². The second-order valence-electron chi connectivity index (χ2n) is 5.96. The Morgan fingerprint density at radius 3 is 2.78 bits per heavy atom. The first kappa shape index (κ1) is 15.4. The van der Waals surface area contributed by atoms with Crippen LogP contribution in [-0.2, 0) is 4.79 Å². The average Bonchev–Trinajstić information content (AvgIpc) is 2.60. The number of benzene rings is 1. The SMILES string of the molecule is C[C@H]1Oc2ccccc2C=C1/C=C(/C#N)C(=O)N1CCCCC1. The zero-order valence-corrected chi connectivity index (χ0v) is 13.3. The summed E-state index contributed by atoms with van der Waals surface area (Å²) in [6.07, 6.45) is 6.67. The number of amides is 1. The molecule has 2 aliphatic rings. The molecule has 4 nitrogen and oxygen atoms in total. The van der Waals surface area contributed by atoms with E-state index >= 15 is 0 Å². The third-order valence-corrected chi connectivity index (χ3v) is 4.32. The van der Waals surface area contributed by atoms with E-state index in [-0.39, 0.29) is 17.6 Å². The normalized spacial score (nSPS) is 20.9. The Morgan fingerprint density at radius 2 is 2.04 bits per heavy atom. The van der Waals surface area contributed by atoms with Gasteiger partial charge in [-0.15, -0.1) is 0 Å². The maximum atomic E-state index is 12.5. The molecule has 0 N–H and O–H groups in total. The maximum absolute atomic E-state index is 12.5. The van der Waals surface area contributed by atoms with Gasteiger partial charge in [0, 0.05) is 18.7 Å². The summed E-state index contributed by atoms with van der Waals surface area (Å²) in [6, 6.07) is 9.83. The monoisotopic (exact) mass is 308 g/mol. The van der Waals surface area contributed by atoms with Gasteiger partial charge in [0.2, 0.25) is 0 Å². The highest BCUT2D eigenvalue weighted by Gasteiger charge is 2.23. The Bertz CT molecular complexity index is 706. The van der Waals surface area contributed by atoms with Crippen molar-refractivity contribution in [2.45, 2.75) is 32.3 Å². The molecule has 1 saturated heterocycles. The van der Waals surface area contributed by atoms with Gasteiger partial charge in [-0.1, -0.05) is 18.2 Å². The van der Waals surface area contributed by atoms with Gasteiger partial charge in [0.25, 0.3) is 5.91 Å². The highest BCUT2D eigenvalue weighted by atomic mass is 16.5. The molecule has 0 spiro atoms. The Hall–Kier alpha value is -2.54. The van der Waals surface area contributed by atoms with E-state index in [1.54, 1.807) is 11.0 Å². The molecule has 1 aromatic rings. The van der Waals surface area contributed by atoms with Gasteiger partial charge in [0.15, 0.2) is 0 Å². The lowest BCUT2D eigenvalue weighted by atomic mass is 10.00. The topological polar surface area (TPSA) is 53.3 Å². The summed E-state index contributed by atoms with van der Waals surface area (Å²) in [5, 5.41) is 9.41. The first-order valence-electron chi connectivity index (χ1n) is 8.07. The lowest BCUT2D eigenvalue weighted by Crippen LogP contribution is -2.36. The number of fused-ring (bicyclic) bond motifs is 1. The van der Waals surface area contributed by atoms with Crippen LogP contribution in [0.25, 0.3) is 6.08 Å². The molecule has 23 heavy (non-hydrogen) atoms. The molecule has 3 rings (SSSR count). The van der Waals surface area contributed by atoms with Crippen molar-refractivity contribution in [1.29, 1.82) is 5.26 Å². The number of ether oxygens (including phenoxy) is 1. The van der Waals surface area contributed by atoms with Crippen LogP contribution in [0, 0.1) is 11.3 Å². The molecular formula is C19H20N2O2. The molecular weight excluding hydrogens is 288 g/mol. The van der Waals surface area contributed by atoms with E-state index in [0.717, 1.165) is 49.2 Å². The number of hydrogen-bond donors (Lipinski definition) is 0. The number of carbonyl (C=O) groups excluding carboxylic acids is 1. The number of rotatable bonds is 2. The summed E-state index contributed by atoms with van der Waals surface area (Å²) in [7, 11) is 0. The smallest absolute Gasteiger partial charge is 0.264 e. The third kappa shape index (κ3) is 3.29. The highest BCUT2D eigenvalue weighted by Crippen LogP contribution is 2.30. The summed E-state index contributed by atoms with van der Waals surface area (Å²) >= 11 is 0. The standard InChI is InChI=1S/C19H20N2O2/c1-14-16(11-15-7-3-4-8-18(15)23-14)12-17(13-20)19(22)21-9-5-2-6-10-21/h3-4,7-8,11-12,14H,2,5-6,9-10H2,1H3/b17-12-/t14-/m1/s1. The van der Waals surface area contributed by atoms with Gasteiger partial charge in [-0.2, -0.15) is 5.26 Å². The van der Waals surface area contributed by atoms with Crippen LogP contribution in [-0.4, -0.2) is 30.0 Å². The maximum Gasteiger partial charge on any atom is 0.264 e. The van der Waals surface area contributed by atoms with Gasteiger partial charge in [-0.3, -0.25) is 4.79 Å². The van der Waals surface area contributed by atoms with Gasteiger partial charge in [0.1, 0.15) is 23.5 Å². The molecule has 0 aromatic heterocycles. The van der Waals surface area contributed by atoms with E-state index in [1.165, 1.54) is 0 Å². The Balaban J connectivity index is 1.87. The molecule has 1 atom stereocenters. The van der Waals surface area contributed by atoms with E-state index in [2.05, 4.69) is 6.07 Å². The zero-order chi connectivity index (χ0) is 16.2. The number of likely N-dealkylation sites (tertiary alicyclic amines) is 1. The molecule has 0 saturated carbocycles. The molecule has 0 aliphatic carbocycles. The molecule has 1 fully saturated rings. The lowest BCUT2D eigenvalue weighted by molar-refractivity contribution is -0.127. The number of carbonyl (C=O) groups is 1. The van der Waals surface area contributed by atoms with Crippen LogP contribution >= 0.6 is 0 Å². The summed E-state index contributed by atoms with van der Waals surface area (Å²) in [5.74, 6) is 0.664. The van der Waals surface area contributed by atoms with E-state index in [9.17, 15) is 10.1 Å². The fourth-order valence-corrected chi connectivity index (χ4v) is 3.00. The first-order chi connectivity index (χ1) is 11.2. The van der Waals surface area contributed by atoms with Crippen molar-refractivity contribution < 1.29 is 9.53 Å². The van der Waals surface area contributed by atoms with Crippen LogP contribution in [0.5, 0.6) is 5.75 Å². The predicted molar refractivity (Wildman–Crippen MR) is 88.6 cm³/mol. The van der Waals surface area contributed by atoms with Crippen LogP contribution in [0.1, 0.15) is 31.7 Å². The quantitative estimate of drug-likeness (QED) is 0.622. The number of piperidine rings is 1. The number of para-hydroxylation sites is 1. The summed E-state index contributed by atoms with van der Waals surface area (Å²) in [5.41, 5.74) is 2.01. The Morgan fingerprint density at radius 1 is 1.30 bits per heavy atom. The molecule has 0 radical (unpaired) electrons. The Kier molecular flexibility index (Phi) is 4.47. The molecule has 118 valence electrons. The number of hydrogen-bond acceptors (Lipinski definition) is 3. The summed E-state index contributed by atoms with van der Waals surface area (Å²) < 4.78 is 5.87. The second-order valence-corrected chi connectivity index (χ2v) is 5.96. The summed E-state index contributed by atoms with van der Waals surface area (Å²) in [4.78, 5) is 14.3. The third-order valence-electron chi connectivity index (χ3n) is 4.32. The molecule has 2 heterocycles. The minimum Gasteiger partial charge on any atom is -0.485 e. The van der Waals surface area contributed by atoms with Crippen LogP contribution < -0.4 is 4.74 Å². The van der Waals surface area contributed by atoms with Crippen LogP contribution in [0.3, 0.4) is 0 Å². The zero-order valence-electron chi connectivity index (χ0n) is 13.3. The molecule has 1 amide bonds. The van der Waals surface area contributed by atoms with E-state index in [0.29, 0.717) is 0 Å². The minimum absolute atomic E-state index is 0.167. The largest absolute Gasteiger partial charge is 0.485 e. The molecule has 2 aliphatic heterocycles. The number of nitrogens with zero attached hydrogens (tertiary/aromatic N) is 2. The molecule has 4 heteroatoms. The lowest BCUT2D eigenvalue weighted by Gasteiger charge is -2.27.